The number of aromatic nitrogens is 2. The fourth-order valence-corrected chi connectivity index (χ4v) is 4.24. The molecule has 0 atom stereocenters. The molecule has 3 rings (SSSR count). The lowest BCUT2D eigenvalue weighted by atomic mass is 10.2. The minimum atomic E-state index is -0.476. The van der Waals surface area contributed by atoms with Gasteiger partial charge in [0.1, 0.15) is 0 Å². The van der Waals surface area contributed by atoms with Gasteiger partial charge in [-0.25, -0.2) is 9.97 Å². The Balaban J connectivity index is 1.86. The van der Waals surface area contributed by atoms with Crippen molar-refractivity contribution in [2.75, 3.05) is 17.2 Å². The van der Waals surface area contributed by atoms with Gasteiger partial charge in [-0.2, -0.15) is 0 Å². The van der Waals surface area contributed by atoms with Crippen molar-refractivity contribution in [3.63, 3.8) is 0 Å². The van der Waals surface area contributed by atoms with Crippen molar-refractivity contribution >= 4 is 50.2 Å². The first kappa shape index (κ1) is 20.7. The number of nitro groups is 1. The first-order valence-corrected chi connectivity index (χ1v) is 10.5. The van der Waals surface area contributed by atoms with Crippen LogP contribution in [0, 0.1) is 17.0 Å². The van der Waals surface area contributed by atoms with E-state index in [1.807, 2.05) is 12.3 Å². The van der Waals surface area contributed by atoms with Gasteiger partial charge in [-0.15, -0.1) is 11.3 Å². The fourth-order valence-electron chi connectivity index (χ4n) is 2.51. The third kappa shape index (κ3) is 4.69. The molecule has 3 aromatic rings. The number of hydrogen-bond acceptors (Lipinski definition) is 9. The minimum Gasteiger partial charge on any atom is -0.486 e. The highest BCUT2D eigenvalue weighted by Gasteiger charge is 2.20. The molecule has 0 unspecified atom stereocenters. The molecule has 9 nitrogen and oxygen atoms in total. The molecule has 11 heteroatoms. The number of aryl methyl sites for hydroxylation is 1. The van der Waals surface area contributed by atoms with Crippen LogP contribution < -0.4 is 15.4 Å². The molecule has 0 aliphatic heterocycles. The first-order chi connectivity index (χ1) is 13.9. The summed E-state index contributed by atoms with van der Waals surface area (Å²) in [7, 11) is 0. The quantitative estimate of drug-likeness (QED) is 0.380. The third-order valence-electron chi connectivity index (χ3n) is 3.82. The summed E-state index contributed by atoms with van der Waals surface area (Å²) in [4.78, 5) is 32.2. The van der Waals surface area contributed by atoms with Gasteiger partial charge in [0.15, 0.2) is 10.3 Å². The van der Waals surface area contributed by atoms with Gasteiger partial charge < -0.3 is 15.4 Å². The monoisotopic (exact) mass is 433 g/mol. The Labute approximate surface area is 174 Å². The highest BCUT2D eigenvalue weighted by Crippen LogP contribution is 2.39. The van der Waals surface area contributed by atoms with E-state index in [0.29, 0.717) is 34.7 Å². The summed E-state index contributed by atoms with van der Waals surface area (Å²) in [5.41, 5.74) is 1.85. The summed E-state index contributed by atoms with van der Waals surface area (Å²) < 4.78 is 5.49. The molecular formula is C18H19N5O4S2. The van der Waals surface area contributed by atoms with Crippen molar-refractivity contribution in [3.8, 4) is 16.3 Å². The maximum atomic E-state index is 11.6. The van der Waals surface area contributed by atoms with E-state index in [-0.39, 0.29) is 17.3 Å². The average molecular weight is 434 g/mol. The lowest BCUT2D eigenvalue weighted by molar-refractivity contribution is -0.385. The largest absolute Gasteiger partial charge is 0.486 e. The zero-order valence-electron chi connectivity index (χ0n) is 16.0. The standard InChI is InChI=1S/C18H19N5O4S2/c1-4-14(24)22-18-19-10(3)16(29-18)12-9-28-17(21-12)20-11-7-6-8-13(23(25)26)15(11)27-5-2/h6-9H,4-5H2,1-3H3,(H,20,21)(H,19,22,24). The number of nitrogens with zero attached hydrogens (tertiary/aromatic N) is 3. The number of nitro benzene ring substituents is 1. The van der Waals surface area contributed by atoms with Gasteiger partial charge in [-0.3, -0.25) is 14.9 Å². The van der Waals surface area contributed by atoms with Crippen LogP contribution in [-0.2, 0) is 4.79 Å². The average Bonchev–Trinajstić information content (AvgIpc) is 3.29. The molecule has 1 aromatic carbocycles. The van der Waals surface area contributed by atoms with Crippen LogP contribution in [0.2, 0.25) is 0 Å². The highest BCUT2D eigenvalue weighted by atomic mass is 32.1. The molecule has 2 N–H and O–H groups in total. The van der Waals surface area contributed by atoms with Gasteiger partial charge in [0.05, 0.1) is 33.5 Å². The van der Waals surface area contributed by atoms with E-state index in [1.54, 1.807) is 26.0 Å². The van der Waals surface area contributed by atoms with Gasteiger partial charge in [0, 0.05) is 17.9 Å². The van der Waals surface area contributed by atoms with Gasteiger partial charge in [0.25, 0.3) is 0 Å². The predicted octanol–water partition coefficient (Wildman–Crippen LogP) is 4.97. The number of para-hydroxylation sites is 1. The summed E-state index contributed by atoms with van der Waals surface area (Å²) in [6.45, 7) is 5.70. The topological polar surface area (TPSA) is 119 Å². The summed E-state index contributed by atoms with van der Waals surface area (Å²) >= 11 is 2.71. The number of thiazole rings is 2. The predicted molar refractivity (Wildman–Crippen MR) is 114 cm³/mol. The SMILES string of the molecule is CCOc1c(Nc2nc(-c3sc(NC(=O)CC)nc3C)cs2)cccc1[N+](=O)[O-]. The smallest absolute Gasteiger partial charge is 0.313 e. The second-order valence-electron chi connectivity index (χ2n) is 5.84. The van der Waals surface area contributed by atoms with Gasteiger partial charge >= 0.3 is 5.69 Å². The number of benzene rings is 1. The molecule has 0 saturated heterocycles. The van der Waals surface area contributed by atoms with Gasteiger partial charge in [-0.1, -0.05) is 24.3 Å². The van der Waals surface area contributed by atoms with Gasteiger partial charge in [0.2, 0.25) is 11.7 Å². The van der Waals surface area contributed by atoms with E-state index in [0.717, 1.165) is 10.6 Å². The molecule has 0 aliphatic carbocycles. The lowest BCUT2D eigenvalue weighted by Crippen LogP contribution is -2.08. The van der Waals surface area contributed by atoms with E-state index >= 15 is 0 Å². The van der Waals surface area contributed by atoms with E-state index in [1.165, 1.54) is 28.7 Å². The number of anilines is 3. The van der Waals surface area contributed by atoms with Crippen LogP contribution in [-0.4, -0.2) is 27.4 Å². The van der Waals surface area contributed by atoms with Crippen LogP contribution in [0.1, 0.15) is 26.0 Å². The molecule has 152 valence electrons. The van der Waals surface area contributed by atoms with E-state index in [4.69, 9.17) is 4.74 Å². The number of carbonyl (C=O) groups is 1. The fraction of sp³-hybridized carbons (Fsp3) is 0.278. The number of nitrogens with one attached hydrogen (secondary N) is 2. The Morgan fingerprint density at radius 2 is 2.07 bits per heavy atom. The van der Waals surface area contributed by atoms with Crippen molar-refractivity contribution in [2.24, 2.45) is 0 Å². The zero-order valence-corrected chi connectivity index (χ0v) is 17.6. The third-order valence-corrected chi connectivity index (χ3v) is 5.68. The van der Waals surface area contributed by atoms with Crippen LogP contribution in [0.4, 0.5) is 21.6 Å². The normalized spacial score (nSPS) is 10.6. The summed E-state index contributed by atoms with van der Waals surface area (Å²) in [5.74, 6) is 0.0790. The van der Waals surface area contributed by atoms with Crippen LogP contribution in [0.15, 0.2) is 23.6 Å². The Morgan fingerprint density at radius 1 is 1.28 bits per heavy atom. The molecule has 2 aromatic heterocycles. The summed E-state index contributed by atoms with van der Waals surface area (Å²) in [6, 6.07) is 4.69. The number of carbonyl (C=O) groups excluding carboxylic acids is 1. The van der Waals surface area contributed by atoms with Crippen molar-refractivity contribution in [3.05, 3.63) is 39.4 Å². The molecule has 0 radical (unpaired) electrons. The summed E-state index contributed by atoms with van der Waals surface area (Å²) in [5, 5.41) is 20.1. The number of rotatable bonds is 8. The van der Waals surface area contributed by atoms with E-state index < -0.39 is 4.92 Å². The molecule has 0 aliphatic rings. The minimum absolute atomic E-state index is 0.0972. The molecule has 2 heterocycles. The number of hydrogen-bond donors (Lipinski definition) is 2. The Hall–Kier alpha value is -3.05. The molecule has 0 spiro atoms. The Kier molecular flexibility index (Phi) is 6.39. The lowest BCUT2D eigenvalue weighted by Gasteiger charge is -2.10. The zero-order chi connectivity index (χ0) is 21.0. The molecule has 0 saturated carbocycles. The van der Waals surface area contributed by atoms with Crippen molar-refractivity contribution in [2.45, 2.75) is 27.2 Å². The second-order valence-corrected chi connectivity index (χ2v) is 7.70. The van der Waals surface area contributed by atoms with Crippen molar-refractivity contribution in [1.29, 1.82) is 0 Å². The maximum absolute atomic E-state index is 11.6. The van der Waals surface area contributed by atoms with E-state index in [2.05, 4.69) is 20.6 Å². The van der Waals surface area contributed by atoms with Crippen LogP contribution in [0.5, 0.6) is 5.75 Å². The number of amides is 1. The maximum Gasteiger partial charge on any atom is 0.313 e. The molecule has 0 bridgehead atoms. The van der Waals surface area contributed by atoms with E-state index in [9.17, 15) is 14.9 Å². The van der Waals surface area contributed by atoms with Crippen LogP contribution in [0.25, 0.3) is 10.6 Å². The number of ether oxygens (including phenoxy) is 1. The molecule has 0 fully saturated rings. The van der Waals surface area contributed by atoms with Crippen LogP contribution in [0.3, 0.4) is 0 Å². The molecule has 29 heavy (non-hydrogen) atoms. The molecular weight excluding hydrogens is 414 g/mol. The van der Waals surface area contributed by atoms with Crippen molar-refractivity contribution in [1.82, 2.24) is 9.97 Å². The van der Waals surface area contributed by atoms with Crippen molar-refractivity contribution < 1.29 is 14.5 Å². The Bertz CT molecular complexity index is 1050. The second kappa shape index (κ2) is 8.97. The first-order valence-electron chi connectivity index (χ1n) is 8.83. The highest BCUT2D eigenvalue weighted by molar-refractivity contribution is 7.20. The molecule has 1 amide bonds. The van der Waals surface area contributed by atoms with Crippen LogP contribution >= 0.6 is 22.7 Å². The Morgan fingerprint density at radius 3 is 2.76 bits per heavy atom. The van der Waals surface area contributed by atoms with Gasteiger partial charge in [-0.05, 0) is 19.9 Å². The summed E-state index contributed by atoms with van der Waals surface area (Å²) in [6.07, 6.45) is 0.379.